The number of amides is 3. The zero-order valence-electron chi connectivity index (χ0n) is 46.3. The smallest absolute Gasteiger partial charge is 0.305 e. The molecule has 12 rings (SSSR count). The first-order valence-electron chi connectivity index (χ1n) is 27.0. The van der Waals surface area contributed by atoms with E-state index < -0.39 is 41.1 Å². The number of halogens is 12. The maximum atomic E-state index is 12.8. The summed E-state index contributed by atoms with van der Waals surface area (Å²) < 4.78 is 120. The monoisotopic (exact) mass is 1290 g/mol. The van der Waals surface area contributed by atoms with Crippen LogP contribution in [0.4, 0.5) is 57.0 Å². The summed E-state index contributed by atoms with van der Waals surface area (Å²) in [5.74, 6) is -0.00746. The summed E-state index contributed by atoms with van der Waals surface area (Å²) in [6.45, 7) is 0.766. The molecule has 3 amide bonds. The highest BCUT2D eigenvalue weighted by Gasteiger charge is 2.32. The van der Waals surface area contributed by atoms with Gasteiger partial charge in [0.1, 0.15) is 0 Å². The molecule has 12 nitrogen and oxygen atoms in total. The fraction of sp³-hybridized carbons (Fsp3) is 0.0909. The van der Waals surface area contributed by atoms with Crippen LogP contribution in [0.1, 0.15) is 64.5 Å². The molecule has 0 fully saturated rings. The predicted molar refractivity (Wildman–Crippen MR) is 329 cm³/mol. The van der Waals surface area contributed by atoms with E-state index in [1.165, 1.54) is 36.4 Å². The van der Waals surface area contributed by atoms with E-state index in [0.29, 0.717) is 71.3 Å². The number of hydrogen-bond donors (Lipinski definition) is 3. The van der Waals surface area contributed by atoms with Crippen LogP contribution >= 0.6 is 34.8 Å². The normalized spacial score (nSPS) is 11.6. The molecule has 0 spiro atoms. The quantitative estimate of drug-likeness (QED) is 0.104. The lowest BCUT2D eigenvalue weighted by atomic mass is 10.1. The molecule has 0 bridgehead atoms. The Balaban J connectivity index is 0.000000148. The van der Waals surface area contributed by atoms with Crippen molar-refractivity contribution in [3.63, 3.8) is 0 Å². The topological polar surface area (TPSA) is 141 Å². The Morgan fingerprint density at radius 2 is 0.700 bits per heavy atom. The standard InChI is InChI=1S/3C22H15ClF3N3O/c23-18-7-3-1-5-16(18)21(30)27-20-17-6-2-4-8-19(17)29(28-20)13-14-9-11-15(12-10-14)22(24,25)26;23-17-5-3-4-15(12-17)21(30)27-20-18-6-1-2-7-19(18)29(28-20)13-14-8-10-16(11-9-14)22(24,25)26;23-17-11-7-15(8-12-17)21(30)27-20-18-3-1-2-4-19(18)29(28-20)13-14-5-9-16(10-6-14)22(24,25)26/h3*1-12H,13H2,(H,27,28,30). The number of hydrogen-bond acceptors (Lipinski definition) is 6. The third kappa shape index (κ3) is 15.3. The van der Waals surface area contributed by atoms with Crippen molar-refractivity contribution in [3.8, 4) is 0 Å². The van der Waals surface area contributed by atoms with Crippen LogP contribution in [-0.2, 0) is 38.2 Å². The summed E-state index contributed by atoms with van der Waals surface area (Å²) in [6, 6.07) is 56.4. The van der Waals surface area contributed by atoms with Crippen LogP contribution in [0.2, 0.25) is 15.1 Å². The molecule has 0 saturated carbocycles. The number of carbonyl (C=O) groups is 3. The van der Waals surface area contributed by atoms with Gasteiger partial charge in [0.15, 0.2) is 17.5 Å². The van der Waals surface area contributed by atoms with E-state index in [1.54, 1.807) is 86.8 Å². The van der Waals surface area contributed by atoms with Gasteiger partial charge in [-0.3, -0.25) is 28.4 Å². The predicted octanol–water partition coefficient (Wildman–Crippen LogP) is 18.0. The average molecular weight is 1290 g/mol. The number of rotatable bonds is 12. The molecule has 0 atom stereocenters. The number of alkyl halides is 9. The van der Waals surface area contributed by atoms with Gasteiger partial charge in [-0.05, 0) is 144 Å². The van der Waals surface area contributed by atoms with Crippen molar-refractivity contribution in [2.75, 3.05) is 16.0 Å². The molecule has 9 aromatic carbocycles. The van der Waals surface area contributed by atoms with E-state index in [9.17, 15) is 53.9 Å². The Bertz CT molecular complexity index is 4550. The van der Waals surface area contributed by atoms with Crippen molar-refractivity contribution in [3.05, 3.63) is 284 Å². The van der Waals surface area contributed by atoms with Crippen LogP contribution in [0.15, 0.2) is 218 Å². The molecule has 0 unspecified atom stereocenters. The molecule has 24 heteroatoms. The molecule has 90 heavy (non-hydrogen) atoms. The second kappa shape index (κ2) is 26.8. The minimum absolute atomic E-state index is 0.251. The van der Waals surface area contributed by atoms with Crippen LogP contribution in [0.5, 0.6) is 0 Å². The zero-order valence-corrected chi connectivity index (χ0v) is 48.6. The van der Waals surface area contributed by atoms with Crippen LogP contribution in [0.25, 0.3) is 32.7 Å². The Morgan fingerprint density at radius 1 is 0.356 bits per heavy atom. The van der Waals surface area contributed by atoms with Gasteiger partial charge in [0.2, 0.25) is 0 Å². The van der Waals surface area contributed by atoms with Gasteiger partial charge in [-0.25, -0.2) is 0 Å². The van der Waals surface area contributed by atoms with Gasteiger partial charge in [-0.2, -0.15) is 54.8 Å². The summed E-state index contributed by atoms with van der Waals surface area (Å²) in [4.78, 5) is 37.8. The highest BCUT2D eigenvalue weighted by Crippen LogP contribution is 2.34. The number of nitrogens with one attached hydrogen (secondary N) is 3. The Labute approximate surface area is 521 Å². The summed E-state index contributed by atoms with van der Waals surface area (Å²) in [7, 11) is 0. The number of fused-ring (bicyclic) bond motifs is 3. The van der Waals surface area contributed by atoms with E-state index in [0.717, 1.165) is 63.7 Å². The highest BCUT2D eigenvalue weighted by atomic mass is 35.5. The second-order valence-corrected chi connectivity index (χ2v) is 21.3. The van der Waals surface area contributed by atoms with Gasteiger partial charge in [-0.15, -0.1) is 0 Å². The maximum Gasteiger partial charge on any atom is 0.416 e. The largest absolute Gasteiger partial charge is 0.416 e. The first kappa shape index (κ1) is 63.1. The second-order valence-electron chi connectivity index (χ2n) is 20.0. The van der Waals surface area contributed by atoms with Gasteiger partial charge in [0.05, 0.1) is 63.5 Å². The third-order valence-electron chi connectivity index (χ3n) is 13.8. The molecule has 0 aliphatic carbocycles. The van der Waals surface area contributed by atoms with E-state index in [1.807, 2.05) is 72.8 Å². The molecule has 3 N–H and O–H groups in total. The van der Waals surface area contributed by atoms with Gasteiger partial charge in [-0.1, -0.05) is 126 Å². The maximum absolute atomic E-state index is 12.8. The van der Waals surface area contributed by atoms with Crippen molar-refractivity contribution >= 4 is 103 Å². The lowest BCUT2D eigenvalue weighted by molar-refractivity contribution is -0.138. The fourth-order valence-corrected chi connectivity index (χ4v) is 9.89. The van der Waals surface area contributed by atoms with E-state index in [2.05, 4.69) is 31.2 Å². The lowest BCUT2D eigenvalue weighted by Crippen LogP contribution is -2.13. The van der Waals surface area contributed by atoms with E-state index in [-0.39, 0.29) is 31.4 Å². The Kier molecular flexibility index (Phi) is 18.8. The fourth-order valence-electron chi connectivity index (χ4n) is 9.35. The molecule has 12 aromatic rings. The molecule has 0 aliphatic rings. The molecule has 0 aliphatic heterocycles. The Hall–Kier alpha value is -9.96. The summed E-state index contributed by atoms with van der Waals surface area (Å²) in [5, 5.41) is 25.2. The summed E-state index contributed by atoms with van der Waals surface area (Å²) in [5.41, 5.74) is 3.25. The minimum Gasteiger partial charge on any atom is -0.305 e. The van der Waals surface area contributed by atoms with E-state index in [4.69, 9.17) is 34.8 Å². The van der Waals surface area contributed by atoms with Gasteiger partial charge in [0.25, 0.3) is 17.7 Å². The lowest BCUT2D eigenvalue weighted by Gasteiger charge is -2.08. The number of anilines is 3. The van der Waals surface area contributed by atoms with Gasteiger partial charge >= 0.3 is 18.5 Å². The number of nitrogens with zero attached hydrogens (tertiary/aromatic N) is 6. The number of aromatic nitrogens is 6. The highest BCUT2D eigenvalue weighted by molar-refractivity contribution is 6.34. The zero-order chi connectivity index (χ0) is 63.9. The molecular formula is C66H45Cl3F9N9O3. The third-order valence-corrected chi connectivity index (χ3v) is 14.6. The van der Waals surface area contributed by atoms with Gasteiger partial charge < -0.3 is 16.0 Å². The van der Waals surface area contributed by atoms with Crippen molar-refractivity contribution in [2.24, 2.45) is 0 Å². The molecular weight excluding hydrogens is 1240 g/mol. The summed E-state index contributed by atoms with van der Waals surface area (Å²) >= 11 is 17.9. The Morgan fingerprint density at radius 3 is 1.07 bits per heavy atom. The van der Waals surface area contributed by atoms with E-state index >= 15 is 0 Å². The molecule has 3 aromatic heterocycles. The SMILES string of the molecule is O=C(Nc1nn(Cc2ccc(C(F)(F)F)cc2)c2ccccc12)c1ccc(Cl)cc1.O=C(Nc1nn(Cc2ccc(C(F)(F)F)cc2)c2ccccc12)c1cccc(Cl)c1.O=C(Nc1nn(Cc2ccc(C(F)(F)F)cc2)c2ccccc12)c1ccccc1Cl. The molecule has 456 valence electrons. The number of carbonyl (C=O) groups excluding carboxylic acids is 3. The summed E-state index contributed by atoms with van der Waals surface area (Å²) in [6.07, 6.45) is -13.1. The van der Waals surface area contributed by atoms with Crippen molar-refractivity contribution in [2.45, 2.75) is 38.2 Å². The van der Waals surface area contributed by atoms with Crippen molar-refractivity contribution in [1.29, 1.82) is 0 Å². The first-order chi connectivity index (χ1) is 42.9. The van der Waals surface area contributed by atoms with Gasteiger partial charge in [0, 0.05) is 37.3 Å². The van der Waals surface area contributed by atoms with Crippen LogP contribution in [0, 0.1) is 0 Å². The molecule has 3 heterocycles. The van der Waals surface area contributed by atoms with Crippen LogP contribution in [0.3, 0.4) is 0 Å². The average Bonchev–Trinajstić information content (AvgIpc) is 1.69. The van der Waals surface area contributed by atoms with Crippen LogP contribution < -0.4 is 16.0 Å². The van der Waals surface area contributed by atoms with Crippen molar-refractivity contribution < 1.29 is 53.9 Å². The minimum atomic E-state index is -4.38. The first-order valence-corrected chi connectivity index (χ1v) is 28.1. The van der Waals surface area contributed by atoms with Crippen molar-refractivity contribution in [1.82, 2.24) is 29.3 Å². The number of benzene rings is 9. The molecule has 0 saturated heterocycles. The number of para-hydroxylation sites is 3. The van der Waals surface area contributed by atoms with Crippen LogP contribution in [-0.4, -0.2) is 47.1 Å². The molecule has 0 radical (unpaired) electrons.